The third-order valence-corrected chi connectivity index (χ3v) is 22.6. The highest BCUT2D eigenvalue weighted by Gasteiger charge is 2.32. The van der Waals surface area contributed by atoms with E-state index in [2.05, 4.69) is 119 Å². The summed E-state index contributed by atoms with van der Waals surface area (Å²) in [4.78, 5) is 114. The van der Waals surface area contributed by atoms with Crippen LogP contribution in [-0.2, 0) is 18.9 Å². The molecule has 0 saturated carbocycles. The number of para-hydroxylation sites is 3. The summed E-state index contributed by atoms with van der Waals surface area (Å²) in [5, 5.41) is 25.5. The zero-order valence-corrected chi connectivity index (χ0v) is 80.2. The summed E-state index contributed by atoms with van der Waals surface area (Å²) in [6, 6.07) is 58.9. The lowest BCUT2D eigenvalue weighted by Crippen LogP contribution is -2.38. The molecule has 0 spiro atoms. The molecule has 0 aliphatic heterocycles. The van der Waals surface area contributed by atoms with Gasteiger partial charge < -0.3 is 45.5 Å². The molecule has 0 aliphatic carbocycles. The van der Waals surface area contributed by atoms with E-state index in [0.717, 1.165) is 156 Å². The first-order valence-corrected chi connectivity index (χ1v) is 46.3. The van der Waals surface area contributed by atoms with Gasteiger partial charge in [-0.25, -0.2) is 34.1 Å². The van der Waals surface area contributed by atoms with Crippen LogP contribution in [0.3, 0.4) is 0 Å². The molecule has 26 nitrogen and oxygen atoms in total. The van der Waals surface area contributed by atoms with Crippen LogP contribution in [0.5, 0.6) is 0 Å². The minimum atomic E-state index is -0.802. The zero-order chi connectivity index (χ0) is 95.2. The number of aryl methyl sites for hydroxylation is 6. The van der Waals surface area contributed by atoms with Gasteiger partial charge in [-0.15, -0.1) is 13.7 Å². The van der Waals surface area contributed by atoms with Crippen molar-refractivity contribution >= 4 is 142 Å². The first-order valence-electron chi connectivity index (χ1n) is 46.3. The summed E-state index contributed by atoms with van der Waals surface area (Å²) in [6.45, 7) is 36.7. The number of hydrogen-bond acceptors (Lipinski definition) is 16. The van der Waals surface area contributed by atoms with Gasteiger partial charge in [-0.05, 0) is 251 Å². The predicted molar refractivity (Wildman–Crippen MR) is 530 cm³/mol. The number of carbonyl (C=O) groups is 7. The smallest absolute Gasteiger partial charge is 0.414 e. The Morgan fingerprint density at radius 3 is 0.842 bits per heavy atom. The van der Waals surface area contributed by atoms with E-state index in [1.165, 1.54) is 0 Å². The third kappa shape index (κ3) is 25.4. The summed E-state index contributed by atoms with van der Waals surface area (Å²) in [6.07, 6.45) is 7.01. The van der Waals surface area contributed by atoms with E-state index in [-0.39, 0.29) is 16.7 Å². The number of nitrogens with one attached hydrogen (secondary N) is 8. The van der Waals surface area contributed by atoms with Crippen LogP contribution in [0.4, 0.5) is 53.3 Å². The number of benzene rings is 10. The Balaban J connectivity index is 0.653. The second-order valence-electron chi connectivity index (χ2n) is 38.4. The molecule has 8 N–H and O–H groups in total. The largest absolute Gasteiger partial charge is 0.444 e. The highest BCUT2D eigenvalue weighted by Crippen LogP contribution is 2.35. The van der Waals surface area contributed by atoms with Crippen LogP contribution < -0.4 is 61.1 Å². The van der Waals surface area contributed by atoms with Crippen molar-refractivity contribution in [3.05, 3.63) is 232 Å². The number of rotatable bonds is 33. The molecule has 3 aromatic heterocycles. The first kappa shape index (κ1) is 96.6. The molecule has 13 aromatic rings. The molecule has 133 heavy (non-hydrogen) atoms. The van der Waals surface area contributed by atoms with Gasteiger partial charge in [-0.1, -0.05) is 93.1 Å². The van der Waals surface area contributed by atoms with Gasteiger partial charge in [0.05, 0.1) is 22.7 Å². The number of nitrogens with zero attached hydrogens (tertiary/aromatic N) is 7. The van der Waals surface area contributed by atoms with E-state index in [4.69, 9.17) is 33.9 Å². The van der Waals surface area contributed by atoms with Crippen LogP contribution in [0, 0.1) is 41.5 Å². The maximum Gasteiger partial charge on any atom is 0.414 e. The summed E-state index contributed by atoms with van der Waals surface area (Å²) < 4.78 is 29.4. The van der Waals surface area contributed by atoms with Gasteiger partial charge in [0.25, 0.3) is 17.7 Å². The fourth-order valence-corrected chi connectivity index (χ4v) is 16.3. The SMILES string of the molecule is Cc1cc2nc3cc(C)c(NC(=O)OC(C)(C)C)cc3[n+](-c3ccccc3)c2cc1NCCCCCCNC(=O)c1cc(C(=O)NCCCCCCNc2cc3c(cc2C)nc2cc(C)c(NC(=O)OC(C)(C)C)cc2[n+]3-c2ccccc2)cc(C(=O)NCCCCCCN(C(=O)OC(C)(C)C)c2cc3c(cc2C)nc2cc(C)c(NC(=O)OC(C)(C)C)cc2[n+]3-c2ccccc2)c1. The number of fused-ring (bicyclic) bond motifs is 6. The predicted octanol–water partition coefficient (Wildman–Crippen LogP) is 22.0. The van der Waals surface area contributed by atoms with Gasteiger partial charge in [-0.2, -0.15) is 0 Å². The average molecular weight is 1800 g/mol. The fraction of sp³-hybridized carbons (Fsp3) is 0.374. The van der Waals surface area contributed by atoms with Gasteiger partial charge in [0.1, 0.15) is 55.5 Å². The van der Waals surface area contributed by atoms with Crippen LogP contribution in [-0.4, -0.2) is 119 Å². The van der Waals surface area contributed by atoms with Crippen LogP contribution in [0.1, 0.15) is 225 Å². The lowest BCUT2D eigenvalue weighted by molar-refractivity contribution is -0.538. The standard InChI is InChI=1S/C107H125N15O11/c1-67-52-84-91(120(76-40-28-25-29-41-76)93-63-81(69(3)54-86(93)113-84)116-100(126)130-104(7,8)9)61-79(67)108-46-34-19-21-36-48-110-97(123)73-58-74(98(124)111-49-37-22-20-35-47-109-80-62-92-85(53-68(80)2)114-87-55-70(4)82(117-101(127)131-105(10,11)12)64-94(87)121(92)77-42-30-26-31-43-77)60-75(59-73)99(125)112-50-38-23-24-39-51-119(103(129)133-107(16,17)18)90-66-96-89(57-72(90)6)115-88-56-71(5)83(118-102(128)132-106(13,14)15)65-95(88)122(96)78-44-32-27-33-45-78/h25-33,40-45,52-66H,19-24,34-39,46-51H2,1-18H3,(H5,108,109,110,111,112,116,117,123,124,125,126,127)/p+3. The van der Waals surface area contributed by atoms with E-state index in [0.29, 0.717) is 112 Å². The molecule has 0 aliphatic rings. The molecule has 26 heteroatoms. The molecule has 694 valence electrons. The molecule has 13 rings (SSSR count). The molecule has 0 fully saturated rings. The number of anilines is 6. The zero-order valence-electron chi connectivity index (χ0n) is 80.2. The van der Waals surface area contributed by atoms with E-state index in [9.17, 15) is 33.6 Å². The minimum Gasteiger partial charge on any atom is -0.444 e. The van der Waals surface area contributed by atoms with Crippen molar-refractivity contribution in [2.24, 2.45) is 0 Å². The van der Waals surface area contributed by atoms with Crippen LogP contribution in [0.15, 0.2) is 182 Å². The molecule has 0 atom stereocenters. The Morgan fingerprint density at radius 1 is 0.293 bits per heavy atom. The maximum atomic E-state index is 14.5. The first-order chi connectivity index (χ1) is 63.3. The van der Waals surface area contributed by atoms with Crippen LogP contribution in [0.2, 0.25) is 0 Å². The highest BCUT2D eigenvalue weighted by atomic mass is 16.6. The molecule has 0 bridgehead atoms. The normalized spacial score (nSPS) is 11.8. The quantitative estimate of drug-likeness (QED) is 0.00820. The lowest BCUT2D eigenvalue weighted by Gasteiger charge is -2.28. The van der Waals surface area contributed by atoms with Gasteiger partial charge >= 0.3 is 24.4 Å². The molecular formula is C107H128N15O11+3. The van der Waals surface area contributed by atoms with Gasteiger partial charge in [0.2, 0.25) is 50.2 Å². The lowest BCUT2D eigenvalue weighted by atomic mass is 10.0. The van der Waals surface area contributed by atoms with Gasteiger partial charge in [-0.3, -0.25) is 35.2 Å². The number of amides is 7. The fourth-order valence-electron chi connectivity index (χ4n) is 16.3. The number of hydrogen-bond donors (Lipinski definition) is 8. The summed E-state index contributed by atoms with van der Waals surface area (Å²) in [5.74, 6) is -1.23. The number of carbonyl (C=O) groups excluding carboxylic acids is 7. The Kier molecular flexibility index (Phi) is 30.6. The molecule has 3 heterocycles. The van der Waals surface area contributed by atoms with Crippen molar-refractivity contribution in [3.63, 3.8) is 0 Å². The average Bonchev–Trinajstić information content (AvgIpc) is 0.750. The van der Waals surface area contributed by atoms with Crippen LogP contribution in [0.25, 0.3) is 83.3 Å². The van der Waals surface area contributed by atoms with Gasteiger partial charge in [0, 0.05) is 140 Å². The molecule has 0 saturated heterocycles. The van der Waals surface area contributed by atoms with E-state index in [1.807, 2.05) is 226 Å². The molecule has 7 amide bonds. The summed E-state index contributed by atoms with van der Waals surface area (Å²) >= 11 is 0. The second-order valence-corrected chi connectivity index (χ2v) is 38.4. The van der Waals surface area contributed by atoms with Crippen molar-refractivity contribution in [1.82, 2.24) is 30.9 Å². The molecule has 0 radical (unpaired) electrons. The highest BCUT2D eigenvalue weighted by molar-refractivity contribution is 6.05. The molecular weight excluding hydrogens is 1670 g/mol. The number of aromatic nitrogens is 6. The van der Waals surface area contributed by atoms with E-state index >= 15 is 0 Å². The molecule has 0 unspecified atom stereocenters. The number of ether oxygens (including phenoxy) is 4. The Morgan fingerprint density at radius 2 is 0.549 bits per heavy atom. The third-order valence-electron chi connectivity index (χ3n) is 22.6. The van der Waals surface area contributed by atoms with Crippen molar-refractivity contribution in [2.45, 2.75) is 224 Å². The summed E-state index contributed by atoms with van der Waals surface area (Å²) in [7, 11) is 0. The van der Waals surface area contributed by atoms with Crippen molar-refractivity contribution < 1.29 is 66.2 Å². The summed E-state index contributed by atoms with van der Waals surface area (Å²) in [5.41, 5.74) is 19.7. The Bertz CT molecular complexity index is 6270. The topological polar surface area (TPSA) is 306 Å². The number of unbranched alkanes of at least 4 members (excludes halogenated alkanes) is 9. The van der Waals surface area contributed by atoms with Crippen molar-refractivity contribution in [2.75, 3.05) is 70.8 Å². The van der Waals surface area contributed by atoms with Crippen molar-refractivity contribution in [3.8, 4) is 17.1 Å². The Labute approximate surface area is 779 Å². The molecule has 10 aromatic carbocycles. The Hall–Kier alpha value is -13.9. The van der Waals surface area contributed by atoms with Crippen molar-refractivity contribution in [1.29, 1.82) is 0 Å². The maximum absolute atomic E-state index is 14.5. The van der Waals surface area contributed by atoms with Gasteiger partial charge in [0.15, 0.2) is 0 Å². The van der Waals surface area contributed by atoms with Crippen LogP contribution >= 0.6 is 0 Å². The minimum absolute atomic E-state index is 0.178. The van der Waals surface area contributed by atoms with E-state index in [1.54, 1.807) is 23.1 Å². The second kappa shape index (κ2) is 42.1. The van der Waals surface area contributed by atoms with E-state index < -0.39 is 64.5 Å². The monoisotopic (exact) mass is 1800 g/mol.